The van der Waals surface area contributed by atoms with Gasteiger partial charge in [-0.1, -0.05) is 24.3 Å². The molecule has 1 N–H and O–H groups in total. The van der Waals surface area contributed by atoms with Gasteiger partial charge in [-0.15, -0.1) is 0 Å². The normalized spacial score (nSPS) is 11.7. The van der Waals surface area contributed by atoms with Crippen LogP contribution in [0.2, 0.25) is 0 Å². The zero-order chi connectivity index (χ0) is 19.4. The number of hydrogen-bond donors (Lipinski definition) is 0. The van der Waals surface area contributed by atoms with Crippen molar-refractivity contribution in [2.45, 2.75) is 45.9 Å². The molecule has 0 aliphatic carbocycles. The number of hydrogen-bond acceptors (Lipinski definition) is 5. The maximum Gasteiger partial charge on any atom is 0.136 e. The molecule has 0 radical (unpaired) electrons. The summed E-state index contributed by atoms with van der Waals surface area (Å²) in [5, 5.41) is 0.947. The number of fused-ring (bicyclic) bond motifs is 3. The Balaban J connectivity index is 0.00000280. The molecule has 8 heteroatoms. The van der Waals surface area contributed by atoms with Crippen molar-refractivity contribution in [3.05, 3.63) is 35.8 Å². The number of carbonyl (C=O) groups is 1. The quantitative estimate of drug-likeness (QED) is 0.263. The van der Waals surface area contributed by atoms with Gasteiger partial charge in [-0.2, -0.15) is 0 Å². The molecule has 0 spiro atoms. The van der Waals surface area contributed by atoms with Crippen LogP contribution in [0.4, 0.5) is 5.82 Å². The van der Waals surface area contributed by atoms with Crippen LogP contribution in [-0.2, 0) is 47.8 Å². The molecule has 1 aromatic carbocycles. The summed E-state index contributed by atoms with van der Waals surface area (Å²) < 4.78 is 13.6. The van der Waals surface area contributed by atoms with Crippen LogP contribution in [0.15, 0.2) is 24.3 Å². The maximum atomic E-state index is 10.6. The fraction of sp³-hybridized carbons (Fsp3) is 0.450. The van der Waals surface area contributed by atoms with Crippen LogP contribution in [-0.4, -0.2) is 39.6 Å². The second-order valence-corrected chi connectivity index (χ2v) is 6.99. The van der Waals surface area contributed by atoms with Gasteiger partial charge in [0.1, 0.15) is 18.7 Å². The molecule has 3 rings (SSSR count). The fourth-order valence-electron chi connectivity index (χ4n) is 3.17. The van der Waals surface area contributed by atoms with Gasteiger partial charge in [-0.25, -0.2) is 4.98 Å². The number of imidazole rings is 1. The molecule has 0 amide bonds. The molecule has 7 nitrogen and oxygen atoms in total. The molecule has 0 saturated heterocycles. The molecule has 2 aromatic heterocycles. The molecule has 0 atom stereocenters. The average molecular weight is 476 g/mol. The van der Waals surface area contributed by atoms with Crippen LogP contribution in [0.3, 0.4) is 0 Å². The molecule has 0 fully saturated rings. The first kappa shape index (κ1) is 22.4. The van der Waals surface area contributed by atoms with Gasteiger partial charge in [0.2, 0.25) is 0 Å². The molecule has 0 saturated carbocycles. The minimum absolute atomic E-state index is 0. The first-order valence-corrected chi connectivity index (χ1v) is 9.11. The summed E-state index contributed by atoms with van der Waals surface area (Å²) in [6, 6.07) is 7.76. The number of aldehydes is 1. The van der Waals surface area contributed by atoms with Crippen molar-refractivity contribution < 1.29 is 34.7 Å². The Kier molecular flexibility index (Phi) is 7.67. The predicted molar refractivity (Wildman–Crippen MR) is 105 cm³/mol. The van der Waals surface area contributed by atoms with E-state index < -0.39 is 5.60 Å². The summed E-state index contributed by atoms with van der Waals surface area (Å²) in [6.07, 6.45) is 1.22. The van der Waals surface area contributed by atoms with E-state index in [9.17, 15) is 4.79 Å². The zero-order valence-corrected chi connectivity index (χ0v) is 17.9. The number of nitrogens with zero attached hydrogens (tertiary/aromatic N) is 3. The number of pyridine rings is 1. The van der Waals surface area contributed by atoms with E-state index in [1.807, 2.05) is 45.0 Å². The summed E-state index contributed by atoms with van der Waals surface area (Å²) in [4.78, 5) is 19.6. The van der Waals surface area contributed by atoms with Crippen LogP contribution >= 0.6 is 0 Å². The van der Waals surface area contributed by atoms with Crippen molar-refractivity contribution in [3.8, 4) is 0 Å². The van der Waals surface area contributed by atoms with Crippen molar-refractivity contribution in [1.29, 1.82) is 0 Å². The fourth-order valence-corrected chi connectivity index (χ4v) is 3.17. The van der Waals surface area contributed by atoms with Gasteiger partial charge in [0, 0.05) is 38.8 Å². The van der Waals surface area contributed by atoms with E-state index in [1.165, 1.54) is 0 Å². The Bertz CT molecular complexity index is 955. The van der Waals surface area contributed by atoms with Crippen molar-refractivity contribution >= 4 is 34.0 Å². The van der Waals surface area contributed by atoms with Crippen molar-refractivity contribution in [3.63, 3.8) is 0 Å². The molecule has 28 heavy (non-hydrogen) atoms. The monoisotopic (exact) mass is 475 g/mol. The van der Waals surface area contributed by atoms with Crippen molar-refractivity contribution in [2.24, 2.45) is 0 Å². The van der Waals surface area contributed by atoms with E-state index in [1.54, 1.807) is 0 Å². The largest absolute Gasteiger partial charge is 0.480 e. The Hall–Kier alpha value is -1.85. The molecule has 0 aliphatic rings. The van der Waals surface area contributed by atoms with Crippen LogP contribution in [0.5, 0.6) is 0 Å². The van der Waals surface area contributed by atoms with Gasteiger partial charge in [-0.05, 0) is 32.1 Å². The Morgan fingerprint density at radius 2 is 2.00 bits per heavy atom. The Labute approximate surface area is 178 Å². The molecule has 3 aromatic rings. The summed E-state index contributed by atoms with van der Waals surface area (Å²) >= 11 is 0. The number of nitrogens with one attached hydrogen (secondary N) is 1. The van der Waals surface area contributed by atoms with Crippen LogP contribution < -0.4 is 0 Å². The number of carbonyl (C=O) groups excluding carboxylic acids is 1. The van der Waals surface area contributed by atoms with Crippen LogP contribution in [0.1, 0.15) is 33.0 Å². The summed E-state index contributed by atoms with van der Waals surface area (Å²) in [6.45, 7) is 7.73. The topological polar surface area (TPSA) is 90.0 Å². The number of rotatable bonds is 9. The smallest absolute Gasteiger partial charge is 0.136 e. The second kappa shape index (κ2) is 9.57. The van der Waals surface area contributed by atoms with Gasteiger partial charge in [0.15, 0.2) is 0 Å². The van der Waals surface area contributed by atoms with Gasteiger partial charge in [-0.3, -0.25) is 0 Å². The number of benzene rings is 1. The number of para-hydroxylation sites is 1. The molecule has 0 bridgehead atoms. The third-order valence-corrected chi connectivity index (χ3v) is 4.37. The minimum Gasteiger partial charge on any atom is -0.480 e. The van der Waals surface area contributed by atoms with E-state index in [0.29, 0.717) is 38.3 Å². The first-order valence-electron chi connectivity index (χ1n) is 9.11. The molecule has 0 aliphatic heterocycles. The van der Waals surface area contributed by atoms with E-state index >= 15 is 0 Å². The third kappa shape index (κ3) is 4.76. The van der Waals surface area contributed by atoms with E-state index in [-0.39, 0.29) is 26.2 Å². The summed E-state index contributed by atoms with van der Waals surface area (Å²) in [5.74, 6) is 0.894. The molecule has 2 heterocycles. The van der Waals surface area contributed by atoms with Gasteiger partial charge < -0.3 is 29.6 Å². The van der Waals surface area contributed by atoms with E-state index in [0.717, 1.165) is 28.5 Å². The van der Waals surface area contributed by atoms with Crippen molar-refractivity contribution in [1.82, 2.24) is 14.5 Å². The number of ether oxygens (including phenoxy) is 2. The summed E-state index contributed by atoms with van der Waals surface area (Å²) in [5.41, 5.74) is 9.98. The van der Waals surface area contributed by atoms with Gasteiger partial charge in [0.25, 0.3) is 0 Å². The SMILES string of the molecule is CCOCc1nc2c([NH-])nc3ccccc3c2n1CC(C)(C)OCCC=O.[Pd]. The predicted octanol–water partition coefficient (Wildman–Crippen LogP) is 4.19. The van der Waals surface area contributed by atoms with E-state index in [2.05, 4.69) is 14.5 Å². The van der Waals surface area contributed by atoms with Crippen LogP contribution in [0.25, 0.3) is 27.7 Å². The first-order chi connectivity index (χ1) is 13.0. The van der Waals surface area contributed by atoms with Gasteiger partial charge in [0.05, 0.1) is 29.8 Å². The van der Waals surface area contributed by atoms with E-state index in [4.69, 9.17) is 15.2 Å². The zero-order valence-electron chi connectivity index (χ0n) is 16.3. The Morgan fingerprint density at radius 3 is 2.71 bits per heavy atom. The molecule has 0 unspecified atom stereocenters. The Morgan fingerprint density at radius 1 is 1.25 bits per heavy atom. The minimum atomic E-state index is -0.510. The second-order valence-electron chi connectivity index (χ2n) is 6.99. The van der Waals surface area contributed by atoms with Crippen LogP contribution in [0, 0.1) is 0 Å². The van der Waals surface area contributed by atoms with Crippen molar-refractivity contribution in [2.75, 3.05) is 13.2 Å². The summed E-state index contributed by atoms with van der Waals surface area (Å²) in [7, 11) is 0. The third-order valence-electron chi connectivity index (χ3n) is 4.37. The average Bonchev–Trinajstić information content (AvgIpc) is 2.99. The van der Waals surface area contributed by atoms with Gasteiger partial charge >= 0.3 is 0 Å². The molecular formula is C20H25N4O3Pd-. The maximum absolute atomic E-state index is 10.6. The molecule has 154 valence electrons. The number of aromatic nitrogens is 3. The standard InChI is InChI=1S/C20H25N4O3.Pd/c1-4-26-12-16-23-17-18(14-8-5-6-9-15(14)22-19(17)21)24(16)13-20(2,3)27-11-7-10-25;/h5-6,8-10H,4,7,11-13H2,1-3H3,(H-,21,22);/q-1;. The molecular weight excluding hydrogens is 451 g/mol.